The van der Waals surface area contributed by atoms with Crippen LogP contribution in [0.5, 0.6) is 11.5 Å². The van der Waals surface area contributed by atoms with E-state index in [-0.39, 0.29) is 12.7 Å². The zero-order valence-corrected chi connectivity index (χ0v) is 17.0. The quantitative estimate of drug-likeness (QED) is 0.567. The fourth-order valence-corrected chi connectivity index (χ4v) is 3.54. The normalized spacial score (nSPS) is 12.4. The van der Waals surface area contributed by atoms with Gasteiger partial charge in [-0.05, 0) is 30.7 Å². The van der Waals surface area contributed by atoms with Crippen molar-refractivity contribution in [2.24, 2.45) is 0 Å². The lowest BCUT2D eigenvalue weighted by atomic mass is 10.1. The molecule has 2 aromatic carbocycles. The molecule has 0 radical (unpaired) electrons. The summed E-state index contributed by atoms with van der Waals surface area (Å²) in [6, 6.07) is 13.2. The Morgan fingerprint density at radius 3 is 2.72 bits per heavy atom. The molecule has 6 nitrogen and oxygen atoms in total. The van der Waals surface area contributed by atoms with Crippen molar-refractivity contribution >= 4 is 28.4 Å². The second-order valence-electron chi connectivity index (χ2n) is 6.87. The summed E-state index contributed by atoms with van der Waals surface area (Å²) in [4.78, 5) is 19.4. The van der Waals surface area contributed by atoms with Crippen molar-refractivity contribution in [1.82, 2.24) is 9.88 Å². The second kappa shape index (κ2) is 8.27. The molecule has 3 aromatic rings. The van der Waals surface area contributed by atoms with E-state index < -0.39 is 0 Å². The minimum absolute atomic E-state index is 0.0676. The molecule has 1 amide bonds. The summed E-state index contributed by atoms with van der Waals surface area (Å²) in [7, 11) is 1.61. The molecule has 1 aliphatic rings. The SMILES string of the molecule is COCCN(Cc1cc2cc3c(cc2nc1Cl)OCO3)C(=O)c1ccccc1C. The number of carbonyl (C=O) groups excluding carboxylic acids is 1. The largest absolute Gasteiger partial charge is 0.454 e. The molecule has 0 atom stereocenters. The van der Waals surface area contributed by atoms with Crippen LogP contribution >= 0.6 is 11.6 Å². The summed E-state index contributed by atoms with van der Waals surface area (Å²) in [5.74, 6) is 1.27. The first-order chi connectivity index (χ1) is 14.1. The van der Waals surface area contributed by atoms with Crippen LogP contribution in [0, 0.1) is 6.92 Å². The van der Waals surface area contributed by atoms with Crippen molar-refractivity contribution in [2.45, 2.75) is 13.5 Å². The molecular formula is C22H21ClN2O4. The van der Waals surface area contributed by atoms with E-state index in [4.69, 9.17) is 25.8 Å². The molecule has 0 unspecified atom stereocenters. The second-order valence-corrected chi connectivity index (χ2v) is 7.23. The molecule has 1 aromatic heterocycles. The maximum Gasteiger partial charge on any atom is 0.254 e. The first kappa shape index (κ1) is 19.5. The van der Waals surface area contributed by atoms with Crippen LogP contribution in [0.2, 0.25) is 5.15 Å². The fourth-order valence-electron chi connectivity index (χ4n) is 3.34. The number of methoxy groups -OCH3 is 1. The Bertz CT molecular complexity index is 1070. The number of pyridine rings is 1. The van der Waals surface area contributed by atoms with Crippen LogP contribution in [0.25, 0.3) is 10.9 Å². The number of benzene rings is 2. The summed E-state index contributed by atoms with van der Waals surface area (Å²) in [6.07, 6.45) is 0. The first-order valence-electron chi connectivity index (χ1n) is 9.29. The molecule has 4 rings (SSSR count). The van der Waals surface area contributed by atoms with Gasteiger partial charge in [0.05, 0.1) is 12.1 Å². The van der Waals surface area contributed by atoms with Crippen molar-refractivity contribution in [3.63, 3.8) is 0 Å². The number of fused-ring (bicyclic) bond motifs is 2. The Balaban J connectivity index is 1.67. The molecule has 150 valence electrons. The van der Waals surface area contributed by atoms with Crippen LogP contribution in [-0.2, 0) is 11.3 Å². The van der Waals surface area contributed by atoms with Crippen LogP contribution in [-0.4, -0.2) is 42.8 Å². The lowest BCUT2D eigenvalue weighted by Crippen LogP contribution is -2.34. The number of aryl methyl sites for hydroxylation is 1. The van der Waals surface area contributed by atoms with Crippen molar-refractivity contribution in [2.75, 3.05) is 27.1 Å². The summed E-state index contributed by atoms with van der Waals surface area (Å²) in [5.41, 5.74) is 3.07. The molecule has 0 saturated carbocycles. The van der Waals surface area contributed by atoms with Crippen LogP contribution < -0.4 is 9.47 Å². The van der Waals surface area contributed by atoms with Crippen molar-refractivity contribution in [3.8, 4) is 11.5 Å². The highest BCUT2D eigenvalue weighted by Gasteiger charge is 2.21. The lowest BCUT2D eigenvalue weighted by Gasteiger charge is -2.24. The third kappa shape index (κ3) is 3.99. The fraction of sp³-hybridized carbons (Fsp3) is 0.273. The molecule has 7 heteroatoms. The molecule has 1 aliphatic heterocycles. The Morgan fingerprint density at radius 1 is 1.21 bits per heavy atom. The van der Waals surface area contributed by atoms with E-state index in [0.29, 0.717) is 41.9 Å². The molecule has 0 bridgehead atoms. The molecule has 0 N–H and O–H groups in total. The molecule has 29 heavy (non-hydrogen) atoms. The number of hydrogen-bond acceptors (Lipinski definition) is 5. The van der Waals surface area contributed by atoms with Gasteiger partial charge < -0.3 is 19.1 Å². The number of aromatic nitrogens is 1. The van der Waals surface area contributed by atoms with Gasteiger partial charge >= 0.3 is 0 Å². The van der Waals surface area contributed by atoms with E-state index in [2.05, 4.69) is 4.98 Å². The summed E-state index contributed by atoms with van der Waals surface area (Å²) < 4.78 is 16.1. The van der Waals surface area contributed by atoms with E-state index in [0.717, 1.165) is 22.0 Å². The van der Waals surface area contributed by atoms with E-state index in [1.807, 2.05) is 49.4 Å². The van der Waals surface area contributed by atoms with Crippen LogP contribution in [0.1, 0.15) is 21.5 Å². The lowest BCUT2D eigenvalue weighted by molar-refractivity contribution is 0.0679. The summed E-state index contributed by atoms with van der Waals surface area (Å²) >= 11 is 6.46. The molecule has 0 saturated heterocycles. The molecule has 0 aliphatic carbocycles. The van der Waals surface area contributed by atoms with E-state index in [1.54, 1.807) is 12.0 Å². The predicted octanol–water partition coefficient (Wildman–Crippen LogP) is 4.21. The average molecular weight is 413 g/mol. The smallest absolute Gasteiger partial charge is 0.254 e. The number of rotatable bonds is 6. The highest BCUT2D eigenvalue weighted by atomic mass is 35.5. The number of amides is 1. The summed E-state index contributed by atoms with van der Waals surface area (Å²) in [5, 5.41) is 1.24. The predicted molar refractivity (Wildman–Crippen MR) is 111 cm³/mol. The van der Waals surface area contributed by atoms with Gasteiger partial charge in [-0.3, -0.25) is 4.79 Å². The van der Waals surface area contributed by atoms with Crippen LogP contribution in [0.4, 0.5) is 0 Å². The van der Waals surface area contributed by atoms with Gasteiger partial charge in [0.2, 0.25) is 6.79 Å². The zero-order valence-electron chi connectivity index (χ0n) is 16.3. The zero-order chi connectivity index (χ0) is 20.4. The van der Waals surface area contributed by atoms with Crippen molar-refractivity contribution < 1.29 is 19.0 Å². The van der Waals surface area contributed by atoms with Gasteiger partial charge in [0, 0.05) is 42.8 Å². The Hall–Kier alpha value is -2.83. The highest BCUT2D eigenvalue weighted by Crippen LogP contribution is 2.36. The first-order valence-corrected chi connectivity index (χ1v) is 9.67. The third-order valence-corrected chi connectivity index (χ3v) is 5.25. The van der Waals surface area contributed by atoms with Gasteiger partial charge in [0.25, 0.3) is 5.91 Å². The van der Waals surface area contributed by atoms with E-state index in [9.17, 15) is 4.79 Å². The number of hydrogen-bond donors (Lipinski definition) is 0. The Morgan fingerprint density at radius 2 is 1.97 bits per heavy atom. The average Bonchev–Trinajstić information content (AvgIpc) is 3.17. The van der Waals surface area contributed by atoms with Crippen LogP contribution in [0.3, 0.4) is 0 Å². The number of nitrogens with zero attached hydrogens (tertiary/aromatic N) is 2. The molecule has 0 spiro atoms. The minimum atomic E-state index is -0.0676. The van der Waals surface area contributed by atoms with Gasteiger partial charge in [0.15, 0.2) is 11.5 Å². The van der Waals surface area contributed by atoms with E-state index in [1.165, 1.54) is 0 Å². The van der Waals surface area contributed by atoms with Gasteiger partial charge in [-0.2, -0.15) is 0 Å². The topological polar surface area (TPSA) is 60.9 Å². The standard InChI is InChI=1S/C22H21ClN2O4/c1-14-5-3-4-6-17(14)22(26)25(7-8-27-2)12-16-9-15-10-19-20(29-13-28-19)11-18(15)24-21(16)23/h3-6,9-11H,7-8,12-13H2,1-2H3. The third-order valence-electron chi connectivity index (χ3n) is 4.92. The van der Waals surface area contributed by atoms with Gasteiger partial charge in [0.1, 0.15) is 5.15 Å². The Labute approximate surface area is 174 Å². The van der Waals surface area contributed by atoms with E-state index >= 15 is 0 Å². The minimum Gasteiger partial charge on any atom is -0.454 e. The van der Waals surface area contributed by atoms with Crippen molar-refractivity contribution in [1.29, 1.82) is 0 Å². The van der Waals surface area contributed by atoms with Gasteiger partial charge in [-0.15, -0.1) is 0 Å². The van der Waals surface area contributed by atoms with Gasteiger partial charge in [-0.25, -0.2) is 4.98 Å². The summed E-state index contributed by atoms with van der Waals surface area (Å²) in [6.45, 7) is 3.32. The maximum absolute atomic E-state index is 13.2. The molecular weight excluding hydrogens is 392 g/mol. The molecule has 2 heterocycles. The van der Waals surface area contributed by atoms with Crippen LogP contribution in [0.15, 0.2) is 42.5 Å². The van der Waals surface area contributed by atoms with Gasteiger partial charge in [-0.1, -0.05) is 29.8 Å². The number of ether oxygens (including phenoxy) is 3. The maximum atomic E-state index is 13.2. The highest BCUT2D eigenvalue weighted by molar-refractivity contribution is 6.30. The Kier molecular flexibility index (Phi) is 5.56. The molecule has 0 fully saturated rings. The number of carbonyl (C=O) groups is 1. The van der Waals surface area contributed by atoms with Crippen molar-refractivity contribution in [3.05, 3.63) is 64.3 Å². The number of halogens is 1. The monoisotopic (exact) mass is 412 g/mol.